The summed E-state index contributed by atoms with van der Waals surface area (Å²) < 4.78 is 38.8. The van der Waals surface area contributed by atoms with Crippen LogP contribution in [0.4, 0.5) is 13.2 Å². The first kappa shape index (κ1) is 14.0. The van der Waals surface area contributed by atoms with Crippen LogP contribution < -0.4 is 5.73 Å². The lowest BCUT2D eigenvalue weighted by molar-refractivity contribution is -0.272. The molecule has 0 bridgehead atoms. The third kappa shape index (κ3) is 2.45. The summed E-state index contributed by atoms with van der Waals surface area (Å²) in [6.45, 7) is 2.98. The Balaban J connectivity index is 3.33. The molecule has 0 amide bonds. The fraction of sp³-hybridized carbons (Fsp3) is 0.500. The second kappa shape index (κ2) is 4.66. The van der Waals surface area contributed by atoms with Crippen molar-refractivity contribution in [3.8, 4) is 0 Å². The minimum absolute atomic E-state index is 0.209. The molecule has 0 spiro atoms. The van der Waals surface area contributed by atoms with Gasteiger partial charge < -0.3 is 10.8 Å². The molecule has 1 aromatic rings. The number of aryl methyl sites for hydroxylation is 1. The van der Waals surface area contributed by atoms with Crippen LogP contribution in [0.25, 0.3) is 0 Å². The first-order chi connectivity index (χ1) is 7.73. The van der Waals surface area contributed by atoms with Crippen molar-refractivity contribution in [2.45, 2.75) is 38.1 Å². The predicted octanol–water partition coefficient (Wildman–Crippen LogP) is 2.35. The molecule has 2 nitrogen and oxygen atoms in total. The van der Waals surface area contributed by atoms with Gasteiger partial charge in [-0.1, -0.05) is 31.2 Å². The van der Waals surface area contributed by atoms with E-state index >= 15 is 0 Å². The molecule has 2 atom stereocenters. The van der Waals surface area contributed by atoms with E-state index in [4.69, 9.17) is 5.73 Å². The van der Waals surface area contributed by atoms with Crippen LogP contribution in [0.5, 0.6) is 0 Å². The molecule has 0 aliphatic carbocycles. The Morgan fingerprint density at radius 3 is 2.35 bits per heavy atom. The Morgan fingerprint density at radius 2 is 1.94 bits per heavy atom. The number of hydrogen-bond acceptors (Lipinski definition) is 2. The summed E-state index contributed by atoms with van der Waals surface area (Å²) in [7, 11) is 0. The normalized spacial score (nSPS) is 17.6. The van der Waals surface area contributed by atoms with Crippen LogP contribution in [0.2, 0.25) is 0 Å². The molecule has 2 unspecified atom stereocenters. The maximum atomic E-state index is 12.9. The van der Waals surface area contributed by atoms with Crippen molar-refractivity contribution in [2.75, 3.05) is 0 Å². The smallest absolute Gasteiger partial charge is 0.375 e. The first-order valence-corrected chi connectivity index (χ1v) is 5.37. The van der Waals surface area contributed by atoms with E-state index in [9.17, 15) is 18.3 Å². The molecule has 0 fully saturated rings. The predicted molar refractivity (Wildman–Crippen MR) is 59.4 cm³/mol. The van der Waals surface area contributed by atoms with E-state index in [0.29, 0.717) is 6.42 Å². The average molecular weight is 247 g/mol. The van der Waals surface area contributed by atoms with E-state index in [1.54, 1.807) is 6.07 Å². The van der Waals surface area contributed by atoms with Crippen LogP contribution in [-0.2, 0) is 12.0 Å². The van der Waals surface area contributed by atoms with E-state index in [0.717, 1.165) is 12.5 Å². The Kier molecular flexibility index (Phi) is 3.84. The Bertz CT molecular complexity index is 390. The number of alkyl halides is 3. The summed E-state index contributed by atoms with van der Waals surface area (Å²) in [6, 6.07) is 4.36. The second-order valence-electron chi connectivity index (χ2n) is 4.11. The van der Waals surface area contributed by atoms with Crippen LogP contribution in [0.15, 0.2) is 24.3 Å². The number of rotatable bonds is 3. The molecule has 0 saturated heterocycles. The first-order valence-electron chi connectivity index (χ1n) is 5.37. The van der Waals surface area contributed by atoms with Crippen molar-refractivity contribution in [2.24, 2.45) is 5.73 Å². The third-order valence-corrected chi connectivity index (χ3v) is 2.87. The fourth-order valence-corrected chi connectivity index (χ4v) is 1.71. The number of hydrogen-bond donors (Lipinski definition) is 2. The van der Waals surface area contributed by atoms with Crippen molar-refractivity contribution in [3.63, 3.8) is 0 Å². The second-order valence-corrected chi connectivity index (χ2v) is 4.11. The third-order valence-electron chi connectivity index (χ3n) is 2.87. The van der Waals surface area contributed by atoms with Gasteiger partial charge in [0.05, 0.1) is 0 Å². The standard InChI is InChI=1S/C12H16F3NO/c1-3-9-5-4-6-10(7-9)11(17,8(2)16)12(13,14)15/h4-8,17H,3,16H2,1-2H3. The van der Waals surface area contributed by atoms with Crippen molar-refractivity contribution < 1.29 is 18.3 Å². The zero-order chi connectivity index (χ0) is 13.3. The Morgan fingerprint density at radius 1 is 1.35 bits per heavy atom. The molecule has 0 aliphatic rings. The highest BCUT2D eigenvalue weighted by Crippen LogP contribution is 2.41. The highest BCUT2D eigenvalue weighted by molar-refractivity contribution is 5.31. The summed E-state index contributed by atoms with van der Waals surface area (Å²) in [5.74, 6) is 0. The SMILES string of the molecule is CCc1cccc(C(O)(C(C)N)C(F)(F)F)c1. The number of nitrogens with two attached hydrogens (primary N) is 1. The molecule has 0 saturated carbocycles. The van der Waals surface area contributed by atoms with Gasteiger partial charge in [-0.15, -0.1) is 0 Å². The minimum atomic E-state index is -4.80. The van der Waals surface area contributed by atoms with Crippen LogP contribution in [0.3, 0.4) is 0 Å². The van der Waals surface area contributed by atoms with Gasteiger partial charge in [0.1, 0.15) is 0 Å². The summed E-state index contributed by atoms with van der Waals surface area (Å²) >= 11 is 0. The van der Waals surface area contributed by atoms with E-state index in [1.165, 1.54) is 18.2 Å². The summed E-state index contributed by atoms with van der Waals surface area (Å²) in [4.78, 5) is 0. The summed E-state index contributed by atoms with van der Waals surface area (Å²) in [6.07, 6.45) is -4.20. The molecule has 1 aromatic carbocycles. The van der Waals surface area contributed by atoms with Crippen molar-refractivity contribution in [1.29, 1.82) is 0 Å². The molecule has 96 valence electrons. The minimum Gasteiger partial charge on any atom is -0.375 e. The van der Waals surface area contributed by atoms with Gasteiger partial charge in [0.2, 0.25) is 5.60 Å². The molecule has 0 radical (unpaired) electrons. The van der Waals surface area contributed by atoms with Crippen LogP contribution >= 0.6 is 0 Å². The lowest BCUT2D eigenvalue weighted by Gasteiger charge is -2.34. The topological polar surface area (TPSA) is 46.2 Å². The summed E-state index contributed by atoms with van der Waals surface area (Å²) in [5.41, 5.74) is 2.83. The Hall–Kier alpha value is -1.07. The van der Waals surface area contributed by atoms with Crippen molar-refractivity contribution in [1.82, 2.24) is 0 Å². The zero-order valence-electron chi connectivity index (χ0n) is 9.75. The lowest BCUT2D eigenvalue weighted by Crippen LogP contribution is -2.54. The maximum absolute atomic E-state index is 12.9. The highest BCUT2D eigenvalue weighted by Gasteiger charge is 2.57. The van der Waals surface area contributed by atoms with Gasteiger partial charge in [-0.25, -0.2) is 0 Å². The van der Waals surface area contributed by atoms with Crippen LogP contribution in [0.1, 0.15) is 25.0 Å². The number of benzene rings is 1. The molecule has 0 heterocycles. The molecular formula is C12H16F3NO. The molecular weight excluding hydrogens is 231 g/mol. The maximum Gasteiger partial charge on any atom is 0.422 e. The van der Waals surface area contributed by atoms with Gasteiger partial charge in [0.25, 0.3) is 0 Å². The quantitative estimate of drug-likeness (QED) is 0.861. The van der Waals surface area contributed by atoms with Crippen LogP contribution in [0, 0.1) is 0 Å². The van der Waals surface area contributed by atoms with Gasteiger partial charge in [-0.3, -0.25) is 0 Å². The van der Waals surface area contributed by atoms with Crippen LogP contribution in [-0.4, -0.2) is 17.3 Å². The van der Waals surface area contributed by atoms with Gasteiger partial charge >= 0.3 is 6.18 Å². The molecule has 0 aromatic heterocycles. The van der Waals surface area contributed by atoms with Gasteiger partial charge in [-0.2, -0.15) is 13.2 Å². The van der Waals surface area contributed by atoms with E-state index < -0.39 is 17.8 Å². The Labute approximate surface area is 98.3 Å². The molecule has 0 aliphatic heterocycles. The van der Waals surface area contributed by atoms with Gasteiger partial charge in [0.15, 0.2) is 0 Å². The lowest BCUT2D eigenvalue weighted by atomic mass is 9.86. The molecule has 1 rings (SSSR count). The van der Waals surface area contributed by atoms with E-state index in [-0.39, 0.29) is 5.56 Å². The largest absolute Gasteiger partial charge is 0.422 e. The van der Waals surface area contributed by atoms with E-state index in [1.807, 2.05) is 6.92 Å². The average Bonchev–Trinajstić information content (AvgIpc) is 2.26. The fourth-order valence-electron chi connectivity index (χ4n) is 1.71. The molecule has 5 heteroatoms. The highest BCUT2D eigenvalue weighted by atomic mass is 19.4. The van der Waals surface area contributed by atoms with Gasteiger partial charge in [-0.05, 0) is 24.5 Å². The van der Waals surface area contributed by atoms with Crippen molar-refractivity contribution >= 4 is 0 Å². The number of aliphatic hydroxyl groups is 1. The molecule has 17 heavy (non-hydrogen) atoms. The van der Waals surface area contributed by atoms with Gasteiger partial charge in [0, 0.05) is 6.04 Å². The number of halogens is 3. The van der Waals surface area contributed by atoms with E-state index in [2.05, 4.69) is 0 Å². The summed E-state index contributed by atoms with van der Waals surface area (Å²) in [5, 5.41) is 9.87. The monoisotopic (exact) mass is 247 g/mol. The molecule has 3 N–H and O–H groups in total. The zero-order valence-corrected chi connectivity index (χ0v) is 9.75. The van der Waals surface area contributed by atoms with Crippen molar-refractivity contribution in [3.05, 3.63) is 35.4 Å².